The van der Waals surface area contributed by atoms with Crippen LogP contribution in [0.15, 0.2) is 54.9 Å². The highest BCUT2D eigenvalue weighted by molar-refractivity contribution is 7.20. The molecule has 1 unspecified atom stereocenters. The van der Waals surface area contributed by atoms with Crippen LogP contribution in [0.2, 0.25) is 5.02 Å². The second-order valence-electron chi connectivity index (χ2n) is 10.1. The second-order valence-corrected chi connectivity index (χ2v) is 11.5. The minimum Gasteiger partial charge on any atom is -0.487 e. The SMILES string of the molecule is CC(C)(C)OC(=O)NCC(F)CCC#Cc1cc2ncnc(Nc3ccc(OCc4cccc(F)c4)c(Cl)c3)c2s1. The van der Waals surface area contributed by atoms with Gasteiger partial charge in [-0.3, -0.25) is 0 Å². The summed E-state index contributed by atoms with van der Waals surface area (Å²) in [4.78, 5) is 21.1. The Hall–Kier alpha value is -3.94. The zero-order valence-electron chi connectivity index (χ0n) is 22.8. The number of amides is 1. The van der Waals surface area contributed by atoms with Gasteiger partial charge in [0.05, 0.1) is 26.7 Å². The second kappa shape index (κ2) is 13.6. The lowest BCUT2D eigenvalue weighted by molar-refractivity contribution is 0.0512. The third kappa shape index (κ3) is 9.30. The molecule has 214 valence electrons. The van der Waals surface area contributed by atoms with Crippen molar-refractivity contribution in [3.63, 3.8) is 0 Å². The molecule has 0 spiro atoms. The predicted octanol–water partition coefficient (Wildman–Crippen LogP) is 7.80. The summed E-state index contributed by atoms with van der Waals surface area (Å²) in [6.07, 6.45) is 0.0929. The smallest absolute Gasteiger partial charge is 0.407 e. The first-order valence-corrected chi connectivity index (χ1v) is 14.0. The Balaban J connectivity index is 1.33. The van der Waals surface area contributed by atoms with E-state index in [9.17, 15) is 13.6 Å². The molecule has 0 aliphatic heterocycles. The fourth-order valence-corrected chi connectivity index (χ4v) is 4.78. The van der Waals surface area contributed by atoms with Gasteiger partial charge in [0.2, 0.25) is 0 Å². The molecule has 0 saturated heterocycles. The maximum Gasteiger partial charge on any atom is 0.407 e. The quantitative estimate of drug-likeness (QED) is 0.191. The van der Waals surface area contributed by atoms with Crippen molar-refractivity contribution in [1.29, 1.82) is 0 Å². The minimum absolute atomic E-state index is 0.131. The van der Waals surface area contributed by atoms with Crippen LogP contribution in [0, 0.1) is 17.7 Å². The normalized spacial score (nSPS) is 11.9. The number of fused-ring (bicyclic) bond motifs is 1. The molecule has 11 heteroatoms. The number of carbonyl (C=O) groups is 1. The van der Waals surface area contributed by atoms with Crippen molar-refractivity contribution in [3.05, 3.63) is 76.1 Å². The number of aromatic nitrogens is 2. The van der Waals surface area contributed by atoms with E-state index in [1.807, 2.05) is 6.07 Å². The van der Waals surface area contributed by atoms with Gasteiger partial charge in [0.15, 0.2) is 5.82 Å². The van der Waals surface area contributed by atoms with Crippen molar-refractivity contribution >= 4 is 50.8 Å². The number of alkyl halides is 1. The molecule has 2 aromatic carbocycles. The third-order valence-corrected chi connectivity index (χ3v) is 6.79. The molecule has 41 heavy (non-hydrogen) atoms. The molecule has 2 aromatic heterocycles. The highest BCUT2D eigenvalue weighted by atomic mass is 35.5. The first-order chi connectivity index (χ1) is 19.6. The summed E-state index contributed by atoms with van der Waals surface area (Å²) in [5, 5.41) is 6.08. The van der Waals surface area contributed by atoms with Gasteiger partial charge in [-0.05, 0) is 69.2 Å². The number of alkyl carbamates (subject to hydrolysis) is 1. The van der Waals surface area contributed by atoms with Gasteiger partial charge in [-0.1, -0.05) is 35.6 Å². The summed E-state index contributed by atoms with van der Waals surface area (Å²) in [7, 11) is 0. The number of benzene rings is 2. The first kappa shape index (κ1) is 30.0. The Morgan fingerprint density at radius 3 is 2.76 bits per heavy atom. The van der Waals surface area contributed by atoms with E-state index in [1.165, 1.54) is 29.8 Å². The monoisotopic (exact) mass is 598 g/mol. The maximum absolute atomic E-state index is 14.1. The van der Waals surface area contributed by atoms with Gasteiger partial charge in [-0.25, -0.2) is 23.5 Å². The third-order valence-electron chi connectivity index (χ3n) is 5.45. The number of hydrogen-bond acceptors (Lipinski definition) is 7. The van der Waals surface area contributed by atoms with E-state index >= 15 is 0 Å². The van der Waals surface area contributed by atoms with Gasteiger partial charge in [0.1, 0.15) is 36.3 Å². The lowest BCUT2D eigenvalue weighted by Crippen LogP contribution is -2.35. The zero-order valence-corrected chi connectivity index (χ0v) is 24.3. The standard InChI is InChI=1S/C30H29ClF2N4O3S/c1-30(2,3)40-29(38)34-16-21(33)8-4-5-10-23-15-25-27(41-23)28(36-18-35-25)37-22-11-12-26(24(31)14-22)39-17-19-7-6-9-20(32)13-19/h6-7,9,11-15,18,21H,4,8,16-17H2,1-3H3,(H,34,38)(H,35,36,37). The molecule has 1 atom stereocenters. The van der Waals surface area contributed by atoms with Gasteiger partial charge in [-0.2, -0.15) is 0 Å². The molecule has 4 aromatic rings. The molecule has 2 N–H and O–H groups in total. The number of nitrogens with one attached hydrogen (secondary N) is 2. The summed E-state index contributed by atoms with van der Waals surface area (Å²) >= 11 is 7.85. The van der Waals surface area contributed by atoms with Crippen molar-refractivity contribution in [1.82, 2.24) is 15.3 Å². The van der Waals surface area contributed by atoms with E-state index in [1.54, 1.807) is 51.1 Å². The number of anilines is 2. The fourth-order valence-electron chi connectivity index (χ4n) is 3.61. The Morgan fingerprint density at radius 2 is 2.00 bits per heavy atom. The van der Waals surface area contributed by atoms with Crippen molar-refractivity contribution < 1.29 is 23.0 Å². The Labute approximate surface area is 246 Å². The minimum atomic E-state index is -1.23. The lowest BCUT2D eigenvalue weighted by atomic mass is 10.2. The van der Waals surface area contributed by atoms with Gasteiger partial charge >= 0.3 is 6.09 Å². The average molecular weight is 599 g/mol. The molecule has 0 aliphatic carbocycles. The summed E-state index contributed by atoms with van der Waals surface area (Å²) in [6.45, 7) is 5.29. The van der Waals surface area contributed by atoms with Crippen molar-refractivity contribution in [3.8, 4) is 17.6 Å². The molecule has 0 fully saturated rings. The first-order valence-electron chi connectivity index (χ1n) is 12.8. The Kier molecular flexibility index (Phi) is 9.97. The summed E-state index contributed by atoms with van der Waals surface area (Å²) < 4.78 is 39.2. The number of hydrogen-bond donors (Lipinski definition) is 2. The molecule has 0 bridgehead atoms. The van der Waals surface area contributed by atoms with Crippen LogP contribution in [0.1, 0.15) is 44.1 Å². The van der Waals surface area contributed by atoms with Crippen molar-refractivity contribution in [2.75, 3.05) is 11.9 Å². The number of thiophene rings is 1. The molecule has 4 rings (SSSR count). The van der Waals surface area contributed by atoms with Crippen LogP contribution in [0.5, 0.6) is 5.75 Å². The summed E-state index contributed by atoms with van der Waals surface area (Å²) in [5.74, 6) is 6.78. The molecular formula is C30H29ClF2N4O3S. The Morgan fingerprint density at radius 1 is 1.17 bits per heavy atom. The van der Waals surface area contributed by atoms with E-state index in [0.717, 1.165) is 15.1 Å². The maximum atomic E-state index is 14.1. The molecule has 2 heterocycles. The van der Waals surface area contributed by atoms with Crippen LogP contribution in [0.4, 0.5) is 25.1 Å². The van der Waals surface area contributed by atoms with E-state index in [2.05, 4.69) is 32.4 Å². The largest absolute Gasteiger partial charge is 0.487 e. The van der Waals surface area contributed by atoms with E-state index < -0.39 is 17.9 Å². The number of halogens is 3. The van der Waals surface area contributed by atoms with Crippen LogP contribution in [0.3, 0.4) is 0 Å². The van der Waals surface area contributed by atoms with Crippen LogP contribution in [0.25, 0.3) is 10.2 Å². The summed E-state index contributed by atoms with van der Waals surface area (Å²) in [6, 6.07) is 13.3. The van der Waals surface area contributed by atoms with Gasteiger partial charge < -0.3 is 20.1 Å². The van der Waals surface area contributed by atoms with Crippen molar-refractivity contribution in [2.24, 2.45) is 0 Å². The lowest BCUT2D eigenvalue weighted by Gasteiger charge is -2.20. The molecule has 1 amide bonds. The number of rotatable bonds is 9. The highest BCUT2D eigenvalue weighted by Gasteiger charge is 2.17. The van der Waals surface area contributed by atoms with E-state index in [-0.39, 0.29) is 25.4 Å². The van der Waals surface area contributed by atoms with Gasteiger partial charge in [-0.15, -0.1) is 11.3 Å². The fraction of sp³-hybridized carbons (Fsp3) is 0.300. The van der Waals surface area contributed by atoms with E-state index in [4.69, 9.17) is 21.1 Å². The Bertz CT molecular complexity index is 1580. The molecular weight excluding hydrogens is 570 g/mol. The van der Waals surface area contributed by atoms with E-state index in [0.29, 0.717) is 34.3 Å². The topological polar surface area (TPSA) is 85.4 Å². The number of carbonyl (C=O) groups excluding carboxylic acids is 1. The average Bonchev–Trinajstić information content (AvgIpc) is 3.33. The van der Waals surface area contributed by atoms with Gasteiger partial charge in [0, 0.05) is 12.1 Å². The number of ether oxygens (including phenoxy) is 2. The molecule has 0 saturated carbocycles. The number of nitrogens with zero attached hydrogens (tertiary/aromatic N) is 2. The molecule has 7 nitrogen and oxygen atoms in total. The molecule has 0 aliphatic rings. The molecule has 0 radical (unpaired) electrons. The van der Waals surface area contributed by atoms with Gasteiger partial charge in [0.25, 0.3) is 0 Å². The van der Waals surface area contributed by atoms with Crippen molar-refractivity contribution in [2.45, 2.75) is 52.0 Å². The highest BCUT2D eigenvalue weighted by Crippen LogP contribution is 2.33. The van der Waals surface area contributed by atoms with Crippen LogP contribution in [-0.4, -0.2) is 34.4 Å². The van der Waals surface area contributed by atoms with Crippen LogP contribution < -0.4 is 15.4 Å². The van der Waals surface area contributed by atoms with Crippen LogP contribution >= 0.6 is 22.9 Å². The summed E-state index contributed by atoms with van der Waals surface area (Å²) in [5.41, 5.74) is 1.48. The predicted molar refractivity (Wildman–Crippen MR) is 158 cm³/mol. The zero-order chi connectivity index (χ0) is 29.4. The van der Waals surface area contributed by atoms with Crippen LogP contribution in [-0.2, 0) is 11.3 Å².